The summed E-state index contributed by atoms with van der Waals surface area (Å²) in [7, 11) is 0. The van der Waals surface area contributed by atoms with E-state index in [1.54, 1.807) is 20.8 Å². The first-order valence-electron chi connectivity index (χ1n) is 17.9. The molecule has 286 valence electrons. The Hall–Kier alpha value is -3.18. The van der Waals surface area contributed by atoms with Crippen LogP contribution < -0.4 is 0 Å². The second-order valence-electron chi connectivity index (χ2n) is 17.3. The maximum atomic E-state index is 14.7. The van der Waals surface area contributed by atoms with E-state index in [0.29, 0.717) is 0 Å². The van der Waals surface area contributed by atoms with Crippen LogP contribution in [0.15, 0.2) is 0 Å². The smallest absolute Gasteiger partial charge is 0.341 e. The summed E-state index contributed by atoms with van der Waals surface area (Å²) < 4.78 is 42.4. The highest BCUT2D eigenvalue weighted by molar-refractivity contribution is 5.91. The molecule has 3 N–H and O–H groups in total. The number of rotatable bonds is 4. The van der Waals surface area contributed by atoms with Gasteiger partial charge in [0.2, 0.25) is 11.6 Å². The second-order valence-corrected chi connectivity index (χ2v) is 17.3. The number of carbonyl (C=O) groups excluding carboxylic acids is 6. The Morgan fingerprint density at radius 3 is 1.83 bits per heavy atom. The Bertz CT molecular complexity index is 1710. The Labute approximate surface area is 299 Å². The molecule has 16 nitrogen and oxygen atoms in total. The number of ketones is 1. The number of Topliss-reactive ketones (excluding diaryl/α,β-unsaturated/α-hetero) is 1. The molecule has 0 radical (unpaired) electrons. The molecule has 3 heterocycles. The zero-order valence-corrected chi connectivity index (χ0v) is 30.4. The zero-order valence-electron chi connectivity index (χ0n) is 30.4. The third-order valence-electron chi connectivity index (χ3n) is 15.1. The number of hydrogen-bond donors (Lipinski definition) is 3. The molecule has 3 saturated heterocycles. The Kier molecular flexibility index (Phi) is 7.11. The van der Waals surface area contributed by atoms with Crippen molar-refractivity contribution in [1.29, 1.82) is 0 Å². The normalized spacial score (nSPS) is 55.4. The van der Waals surface area contributed by atoms with Crippen molar-refractivity contribution < 1.29 is 77.2 Å². The summed E-state index contributed by atoms with van der Waals surface area (Å²) in [5, 5.41) is 36.8. The Morgan fingerprint density at radius 2 is 1.25 bits per heavy atom. The standard InChI is InChI=1S/C36H46O16/c1-11-18-22(33(8)34(9,43)30(42)52-36(33)27(11)51-36)24(46-12(2)37)20-19-21(25(47-13(3)38)29(32(18,20)7)49-15(5)40)31(6)16(26(41)35(19,44)45)10-17-23(50-17)28(31)48-14(4)39/h11,16-25,27-29,43-45H,10H2,1-9H3/t11-,16+,17-,18-,19?,20+,21?,22-,23-,24+,25-,27+,28-,29-,31-,32+,33-,34+,36-/m0/s1. The highest BCUT2D eigenvalue weighted by Crippen LogP contribution is 2.81. The molecule has 5 saturated carbocycles. The minimum atomic E-state index is -3.17. The molecule has 0 aromatic carbocycles. The lowest BCUT2D eigenvalue weighted by Gasteiger charge is -2.66. The number of carbonyl (C=O) groups is 6. The third-order valence-corrected chi connectivity index (χ3v) is 15.1. The Morgan fingerprint density at radius 1 is 0.712 bits per heavy atom. The van der Waals surface area contributed by atoms with Gasteiger partial charge in [0.1, 0.15) is 36.6 Å². The number of fused-ring (bicyclic) bond motifs is 9. The SMILES string of the molecule is CC(=O)O[C@H]1[C@@H]2[C@H]([C@H](C)[C@H]3O[C@]34OC(=O)[C@@](C)(O)[C@]24C)[C@]2(C)[C@@H]1C1C([C@H](OC(C)=O)[C@@H]2OC(C)=O)[C@]2(C)[C@H](C[C@@H]3O[C@@H]3[C@@H]2OC(C)=O)C(=O)C1(O)O. The molecule has 3 aliphatic heterocycles. The van der Waals surface area contributed by atoms with Crippen LogP contribution in [0.1, 0.15) is 68.7 Å². The number of epoxide rings is 2. The van der Waals surface area contributed by atoms with Crippen LogP contribution in [0.3, 0.4) is 0 Å². The zero-order chi connectivity index (χ0) is 38.2. The van der Waals surface area contributed by atoms with E-state index >= 15 is 0 Å². The van der Waals surface area contributed by atoms with Gasteiger partial charge in [0.05, 0.1) is 11.5 Å². The van der Waals surface area contributed by atoms with Gasteiger partial charge < -0.3 is 48.5 Å². The molecule has 19 atom stereocenters. The molecule has 8 fully saturated rings. The van der Waals surface area contributed by atoms with Crippen molar-refractivity contribution in [1.82, 2.24) is 0 Å². The van der Waals surface area contributed by atoms with Crippen molar-refractivity contribution in [3.63, 3.8) is 0 Å². The summed E-state index contributed by atoms with van der Waals surface area (Å²) in [6.07, 6.45) is -7.36. The van der Waals surface area contributed by atoms with Crippen LogP contribution in [0, 0.1) is 57.7 Å². The molecular formula is C36H46O16. The fraction of sp³-hybridized carbons (Fsp3) is 0.833. The van der Waals surface area contributed by atoms with Gasteiger partial charge in [-0.05, 0) is 32.1 Å². The van der Waals surface area contributed by atoms with E-state index in [-0.39, 0.29) is 6.42 Å². The fourth-order valence-corrected chi connectivity index (χ4v) is 13.2. The minimum absolute atomic E-state index is 0.0361. The van der Waals surface area contributed by atoms with Gasteiger partial charge in [0.15, 0.2) is 11.4 Å². The molecule has 1 spiro atoms. The van der Waals surface area contributed by atoms with Crippen molar-refractivity contribution in [2.75, 3.05) is 0 Å². The average Bonchev–Trinajstić information content (AvgIpc) is 3.92. The lowest BCUT2D eigenvalue weighted by atomic mass is 9.40. The summed E-state index contributed by atoms with van der Waals surface area (Å²) in [4.78, 5) is 80.3. The first-order chi connectivity index (χ1) is 23.9. The number of aliphatic hydroxyl groups is 3. The number of esters is 5. The van der Waals surface area contributed by atoms with Crippen molar-refractivity contribution >= 4 is 35.6 Å². The third kappa shape index (κ3) is 3.90. The van der Waals surface area contributed by atoms with E-state index < -0.39 is 153 Å². The highest BCUT2D eigenvalue weighted by atomic mass is 16.8. The average molecular weight is 735 g/mol. The van der Waals surface area contributed by atoms with E-state index in [4.69, 9.17) is 33.2 Å². The van der Waals surface area contributed by atoms with Crippen LogP contribution >= 0.6 is 0 Å². The molecule has 0 amide bonds. The maximum Gasteiger partial charge on any atom is 0.341 e. The highest BCUT2D eigenvalue weighted by Gasteiger charge is 2.94. The molecule has 52 heavy (non-hydrogen) atoms. The monoisotopic (exact) mass is 734 g/mol. The van der Waals surface area contributed by atoms with Crippen molar-refractivity contribution in [3.8, 4) is 0 Å². The molecule has 0 aromatic heterocycles. The summed E-state index contributed by atoms with van der Waals surface area (Å²) >= 11 is 0. The second kappa shape index (κ2) is 10.3. The molecular weight excluding hydrogens is 688 g/mol. The van der Waals surface area contributed by atoms with Crippen molar-refractivity contribution in [2.24, 2.45) is 57.7 Å². The van der Waals surface area contributed by atoms with Crippen LogP contribution in [-0.2, 0) is 61.9 Å². The van der Waals surface area contributed by atoms with Gasteiger partial charge in [-0.2, -0.15) is 0 Å². The van der Waals surface area contributed by atoms with Crippen LogP contribution in [0.5, 0.6) is 0 Å². The largest absolute Gasteiger partial charge is 0.462 e. The molecule has 0 aromatic rings. The number of hydrogen-bond acceptors (Lipinski definition) is 16. The lowest BCUT2D eigenvalue weighted by Crippen LogP contribution is -2.78. The maximum absolute atomic E-state index is 14.7. The van der Waals surface area contributed by atoms with E-state index in [1.165, 1.54) is 20.8 Å². The van der Waals surface area contributed by atoms with Gasteiger partial charge in [0.25, 0.3) is 0 Å². The molecule has 5 aliphatic carbocycles. The molecule has 8 aliphatic rings. The van der Waals surface area contributed by atoms with Gasteiger partial charge in [-0.25, -0.2) is 4.79 Å². The van der Waals surface area contributed by atoms with Crippen molar-refractivity contribution in [2.45, 2.75) is 129 Å². The molecule has 2 unspecified atom stereocenters. The van der Waals surface area contributed by atoms with Crippen LogP contribution in [0.2, 0.25) is 0 Å². The first-order valence-corrected chi connectivity index (χ1v) is 17.9. The summed E-state index contributed by atoms with van der Waals surface area (Å²) in [6.45, 7) is 12.7. The summed E-state index contributed by atoms with van der Waals surface area (Å²) in [5.41, 5.74) is -6.93. The quantitative estimate of drug-likeness (QED) is 0.149. The van der Waals surface area contributed by atoms with E-state index in [9.17, 15) is 44.1 Å². The fourth-order valence-electron chi connectivity index (χ4n) is 13.2. The van der Waals surface area contributed by atoms with Crippen LogP contribution in [0.25, 0.3) is 0 Å². The van der Waals surface area contributed by atoms with Gasteiger partial charge in [-0.15, -0.1) is 0 Å². The topological polar surface area (TPSA) is 234 Å². The van der Waals surface area contributed by atoms with E-state index in [1.807, 2.05) is 6.92 Å². The van der Waals surface area contributed by atoms with Gasteiger partial charge in [-0.1, -0.05) is 20.8 Å². The van der Waals surface area contributed by atoms with Crippen molar-refractivity contribution in [3.05, 3.63) is 0 Å². The summed E-state index contributed by atoms with van der Waals surface area (Å²) in [6, 6.07) is 0. The van der Waals surface area contributed by atoms with Crippen LogP contribution in [0.4, 0.5) is 0 Å². The predicted molar refractivity (Wildman–Crippen MR) is 166 cm³/mol. The predicted octanol–water partition coefficient (Wildman–Crippen LogP) is -0.0562. The first kappa shape index (κ1) is 35.8. The lowest BCUT2D eigenvalue weighted by molar-refractivity contribution is -0.324. The Balaban J connectivity index is 1.44. The van der Waals surface area contributed by atoms with E-state index in [2.05, 4.69) is 0 Å². The molecule has 16 heteroatoms. The van der Waals surface area contributed by atoms with Gasteiger partial charge >= 0.3 is 29.8 Å². The van der Waals surface area contributed by atoms with E-state index in [0.717, 1.165) is 13.8 Å². The number of ether oxygens (including phenoxy) is 7. The summed E-state index contributed by atoms with van der Waals surface area (Å²) in [5.74, 6) is -17.7. The minimum Gasteiger partial charge on any atom is -0.462 e. The van der Waals surface area contributed by atoms with Gasteiger partial charge in [0, 0.05) is 68.1 Å². The molecule has 0 bridgehead atoms. The van der Waals surface area contributed by atoms with Gasteiger partial charge in [-0.3, -0.25) is 24.0 Å². The van der Waals surface area contributed by atoms with Crippen LogP contribution in [-0.4, -0.2) is 111 Å². The molecule has 8 rings (SSSR count).